The normalized spacial score (nSPS) is 16.5. The van der Waals surface area contributed by atoms with Crippen molar-refractivity contribution in [2.45, 2.75) is 19.8 Å². The molecule has 1 aliphatic heterocycles. The number of halogens is 1. The molecule has 27 heavy (non-hydrogen) atoms. The average molecular weight is 387 g/mol. The lowest BCUT2D eigenvalue weighted by Crippen LogP contribution is -2.34. The molecule has 0 spiro atoms. The summed E-state index contributed by atoms with van der Waals surface area (Å²) in [4.78, 5) is 26.4. The van der Waals surface area contributed by atoms with Crippen LogP contribution >= 0.6 is 11.6 Å². The molecule has 0 aliphatic carbocycles. The minimum atomic E-state index is -0.339. The quantitative estimate of drug-likeness (QED) is 0.828. The number of nitrogens with one attached hydrogen (secondary N) is 1. The van der Waals surface area contributed by atoms with Crippen molar-refractivity contribution in [3.8, 4) is 5.75 Å². The van der Waals surface area contributed by atoms with Crippen molar-refractivity contribution in [1.82, 2.24) is 5.32 Å². The van der Waals surface area contributed by atoms with Crippen LogP contribution in [0.2, 0.25) is 5.02 Å². The molecule has 2 aromatic carbocycles. The summed E-state index contributed by atoms with van der Waals surface area (Å²) in [5.74, 6) is 0.333. The molecule has 0 aromatic heterocycles. The predicted octanol–water partition coefficient (Wildman–Crippen LogP) is 3.37. The number of benzene rings is 2. The molecule has 0 radical (unpaired) electrons. The predicted molar refractivity (Wildman–Crippen MR) is 106 cm³/mol. The number of aryl methyl sites for hydroxylation is 1. The summed E-state index contributed by atoms with van der Waals surface area (Å²) >= 11 is 6.16. The lowest BCUT2D eigenvalue weighted by molar-refractivity contribution is -0.126. The summed E-state index contributed by atoms with van der Waals surface area (Å²) in [7, 11) is 1.63. The van der Waals surface area contributed by atoms with E-state index < -0.39 is 0 Å². The summed E-state index contributed by atoms with van der Waals surface area (Å²) in [6.45, 7) is 2.83. The van der Waals surface area contributed by atoms with Crippen molar-refractivity contribution in [3.63, 3.8) is 0 Å². The fourth-order valence-corrected chi connectivity index (χ4v) is 3.32. The van der Waals surface area contributed by atoms with Gasteiger partial charge in [-0.3, -0.25) is 9.59 Å². The number of ether oxygens (including phenoxy) is 1. The fraction of sp³-hybridized carbons (Fsp3) is 0.333. The standard InChI is InChI=1S/C21H23ClN2O3/c1-14-3-6-17(12-19(14)22)24-13-16(11-20(24)25)21(26)23-10-9-15-4-7-18(27-2)8-5-15/h3-8,12,16H,9-11,13H2,1-2H3,(H,23,26). The molecular formula is C21H23ClN2O3. The molecule has 0 bridgehead atoms. The van der Waals surface area contributed by atoms with Gasteiger partial charge < -0.3 is 15.0 Å². The molecule has 1 heterocycles. The molecule has 3 rings (SSSR count). The van der Waals surface area contributed by atoms with Gasteiger partial charge in [-0.05, 0) is 48.7 Å². The maximum Gasteiger partial charge on any atom is 0.227 e. The van der Waals surface area contributed by atoms with Gasteiger partial charge in [0.05, 0.1) is 13.0 Å². The molecule has 2 amide bonds. The number of hydrogen-bond acceptors (Lipinski definition) is 3. The monoisotopic (exact) mass is 386 g/mol. The van der Waals surface area contributed by atoms with Gasteiger partial charge in [-0.15, -0.1) is 0 Å². The Labute approximate surface area is 164 Å². The van der Waals surface area contributed by atoms with Crippen LogP contribution in [-0.4, -0.2) is 32.0 Å². The van der Waals surface area contributed by atoms with E-state index >= 15 is 0 Å². The number of rotatable bonds is 6. The van der Waals surface area contributed by atoms with Crippen LogP contribution in [0.1, 0.15) is 17.5 Å². The zero-order valence-corrected chi connectivity index (χ0v) is 16.3. The Bertz CT molecular complexity index is 836. The van der Waals surface area contributed by atoms with Crippen LogP contribution in [0.3, 0.4) is 0 Å². The summed E-state index contributed by atoms with van der Waals surface area (Å²) in [5, 5.41) is 3.56. The van der Waals surface area contributed by atoms with E-state index in [1.165, 1.54) is 0 Å². The highest BCUT2D eigenvalue weighted by Crippen LogP contribution is 2.28. The van der Waals surface area contributed by atoms with Crippen LogP contribution in [-0.2, 0) is 16.0 Å². The maximum absolute atomic E-state index is 12.4. The first-order chi connectivity index (χ1) is 13.0. The number of carbonyl (C=O) groups excluding carboxylic acids is 2. The molecule has 6 heteroatoms. The zero-order chi connectivity index (χ0) is 19.4. The minimum Gasteiger partial charge on any atom is -0.497 e. The summed E-state index contributed by atoms with van der Waals surface area (Å²) in [5.41, 5.74) is 2.82. The second-order valence-electron chi connectivity index (χ2n) is 6.73. The van der Waals surface area contributed by atoms with Gasteiger partial charge in [-0.25, -0.2) is 0 Å². The second kappa shape index (κ2) is 8.44. The Kier molecular flexibility index (Phi) is 6.01. The highest BCUT2D eigenvalue weighted by Gasteiger charge is 2.35. The first-order valence-electron chi connectivity index (χ1n) is 8.95. The Balaban J connectivity index is 1.53. The number of nitrogens with zero attached hydrogens (tertiary/aromatic N) is 1. The van der Waals surface area contributed by atoms with E-state index in [4.69, 9.17) is 16.3 Å². The molecular weight excluding hydrogens is 364 g/mol. The van der Waals surface area contributed by atoms with Gasteiger partial charge in [0.25, 0.3) is 0 Å². The third-order valence-corrected chi connectivity index (χ3v) is 5.24. The third kappa shape index (κ3) is 4.61. The lowest BCUT2D eigenvalue weighted by atomic mass is 10.1. The van der Waals surface area contributed by atoms with Crippen LogP contribution in [0, 0.1) is 12.8 Å². The van der Waals surface area contributed by atoms with E-state index in [2.05, 4.69) is 5.32 Å². The van der Waals surface area contributed by atoms with E-state index in [0.717, 1.165) is 29.0 Å². The largest absolute Gasteiger partial charge is 0.497 e. The van der Waals surface area contributed by atoms with Gasteiger partial charge in [-0.2, -0.15) is 0 Å². The Morgan fingerprint density at radius 1 is 1.26 bits per heavy atom. The molecule has 2 aromatic rings. The molecule has 0 saturated carbocycles. The van der Waals surface area contributed by atoms with E-state index in [-0.39, 0.29) is 24.2 Å². The molecule has 1 fully saturated rings. The molecule has 142 valence electrons. The Morgan fingerprint density at radius 2 is 2.00 bits per heavy atom. The van der Waals surface area contributed by atoms with Crippen molar-refractivity contribution >= 4 is 29.1 Å². The first kappa shape index (κ1) is 19.2. The van der Waals surface area contributed by atoms with E-state index in [9.17, 15) is 9.59 Å². The van der Waals surface area contributed by atoms with Gasteiger partial charge in [0, 0.05) is 30.2 Å². The van der Waals surface area contributed by atoms with Crippen molar-refractivity contribution in [2.24, 2.45) is 5.92 Å². The van der Waals surface area contributed by atoms with Gasteiger partial charge in [0.2, 0.25) is 11.8 Å². The van der Waals surface area contributed by atoms with Crippen LogP contribution in [0.25, 0.3) is 0 Å². The molecule has 1 unspecified atom stereocenters. The average Bonchev–Trinajstić information content (AvgIpc) is 3.06. The summed E-state index contributed by atoms with van der Waals surface area (Å²) < 4.78 is 5.14. The lowest BCUT2D eigenvalue weighted by Gasteiger charge is -2.17. The Hall–Kier alpha value is -2.53. The van der Waals surface area contributed by atoms with Crippen LogP contribution in [0.15, 0.2) is 42.5 Å². The minimum absolute atomic E-state index is 0.0507. The number of amides is 2. The van der Waals surface area contributed by atoms with Crippen molar-refractivity contribution in [2.75, 3.05) is 25.1 Å². The van der Waals surface area contributed by atoms with Gasteiger partial charge in [0.1, 0.15) is 5.75 Å². The summed E-state index contributed by atoms with van der Waals surface area (Å²) in [6.07, 6.45) is 0.952. The van der Waals surface area contributed by atoms with Crippen LogP contribution in [0.5, 0.6) is 5.75 Å². The molecule has 1 N–H and O–H groups in total. The zero-order valence-electron chi connectivity index (χ0n) is 15.5. The summed E-state index contributed by atoms with van der Waals surface area (Å²) in [6, 6.07) is 13.3. The second-order valence-corrected chi connectivity index (χ2v) is 7.14. The highest BCUT2D eigenvalue weighted by molar-refractivity contribution is 6.31. The molecule has 1 aliphatic rings. The smallest absolute Gasteiger partial charge is 0.227 e. The van der Waals surface area contributed by atoms with Crippen molar-refractivity contribution < 1.29 is 14.3 Å². The van der Waals surface area contributed by atoms with E-state index in [0.29, 0.717) is 18.1 Å². The number of anilines is 1. The van der Waals surface area contributed by atoms with Crippen molar-refractivity contribution in [3.05, 3.63) is 58.6 Å². The highest BCUT2D eigenvalue weighted by atomic mass is 35.5. The van der Waals surface area contributed by atoms with E-state index in [1.54, 1.807) is 18.1 Å². The van der Waals surface area contributed by atoms with E-state index in [1.807, 2.05) is 43.3 Å². The van der Waals surface area contributed by atoms with Gasteiger partial charge >= 0.3 is 0 Å². The number of methoxy groups -OCH3 is 1. The third-order valence-electron chi connectivity index (χ3n) is 4.83. The number of carbonyl (C=O) groups is 2. The van der Waals surface area contributed by atoms with Gasteiger partial charge in [0.15, 0.2) is 0 Å². The van der Waals surface area contributed by atoms with Gasteiger partial charge in [-0.1, -0.05) is 29.8 Å². The molecule has 1 atom stereocenters. The molecule has 1 saturated heterocycles. The molecule has 5 nitrogen and oxygen atoms in total. The first-order valence-corrected chi connectivity index (χ1v) is 9.33. The maximum atomic E-state index is 12.4. The van der Waals surface area contributed by atoms with Crippen LogP contribution in [0.4, 0.5) is 5.69 Å². The van der Waals surface area contributed by atoms with Crippen LogP contribution < -0.4 is 15.0 Å². The Morgan fingerprint density at radius 3 is 2.67 bits per heavy atom. The SMILES string of the molecule is COc1ccc(CCNC(=O)C2CC(=O)N(c3ccc(C)c(Cl)c3)C2)cc1. The topological polar surface area (TPSA) is 58.6 Å². The van der Waals surface area contributed by atoms with Crippen molar-refractivity contribution in [1.29, 1.82) is 0 Å². The number of hydrogen-bond donors (Lipinski definition) is 1. The fourth-order valence-electron chi connectivity index (χ4n) is 3.15.